The zero-order valence-corrected chi connectivity index (χ0v) is 12.2. The lowest BCUT2D eigenvalue weighted by molar-refractivity contribution is 0.483. The highest BCUT2D eigenvalue weighted by Crippen LogP contribution is 2.26. The molecule has 17 heavy (non-hydrogen) atoms. The Morgan fingerprint density at radius 3 is 2.59 bits per heavy atom. The summed E-state index contributed by atoms with van der Waals surface area (Å²) in [7, 11) is 0. The largest absolute Gasteiger partial charge is 0.384 e. The first-order valence-electron chi connectivity index (χ1n) is 6.76. The lowest BCUT2D eigenvalue weighted by atomic mass is 10.0. The van der Waals surface area contributed by atoms with Gasteiger partial charge in [0.1, 0.15) is 0 Å². The Kier molecular flexibility index (Phi) is 4.90. The van der Waals surface area contributed by atoms with Crippen LogP contribution in [-0.4, -0.2) is 6.54 Å². The van der Waals surface area contributed by atoms with Crippen LogP contribution in [0.2, 0.25) is 0 Å². The second-order valence-corrected chi connectivity index (χ2v) is 6.08. The van der Waals surface area contributed by atoms with E-state index in [1.54, 1.807) is 0 Å². The number of halogens is 1. The molecule has 1 aromatic rings. The number of anilines is 1. The second-order valence-electron chi connectivity index (χ2n) is 5.22. The van der Waals surface area contributed by atoms with Gasteiger partial charge in [-0.1, -0.05) is 31.7 Å². The summed E-state index contributed by atoms with van der Waals surface area (Å²) in [6.45, 7) is 3.27. The van der Waals surface area contributed by atoms with E-state index in [-0.39, 0.29) is 0 Å². The van der Waals surface area contributed by atoms with Gasteiger partial charge in [-0.25, -0.2) is 0 Å². The van der Waals surface area contributed by atoms with Crippen LogP contribution < -0.4 is 5.32 Å². The summed E-state index contributed by atoms with van der Waals surface area (Å²) in [5, 5.41) is 3.60. The normalized spacial score (nSPS) is 17.8. The summed E-state index contributed by atoms with van der Waals surface area (Å²) in [5.74, 6) is 0.866. The first kappa shape index (κ1) is 12.9. The average molecular weight is 296 g/mol. The minimum Gasteiger partial charge on any atom is -0.384 e. The molecule has 0 aromatic heterocycles. The highest BCUT2D eigenvalue weighted by Gasteiger charge is 2.12. The van der Waals surface area contributed by atoms with Gasteiger partial charge in [-0.05, 0) is 59.3 Å². The molecule has 1 saturated carbocycles. The zero-order chi connectivity index (χ0) is 12.1. The Labute approximate surface area is 113 Å². The fourth-order valence-electron chi connectivity index (χ4n) is 2.60. The SMILES string of the molecule is Cc1ccc(Br)c(NCC2CCCCCC2)c1. The van der Waals surface area contributed by atoms with Crippen molar-refractivity contribution in [2.24, 2.45) is 5.92 Å². The van der Waals surface area contributed by atoms with Crippen molar-refractivity contribution in [3.8, 4) is 0 Å². The van der Waals surface area contributed by atoms with E-state index < -0.39 is 0 Å². The molecule has 0 radical (unpaired) electrons. The topological polar surface area (TPSA) is 12.0 Å². The first-order valence-corrected chi connectivity index (χ1v) is 7.55. The number of aryl methyl sites for hydroxylation is 1. The van der Waals surface area contributed by atoms with Gasteiger partial charge in [0, 0.05) is 16.7 Å². The Hall–Kier alpha value is -0.500. The lowest BCUT2D eigenvalue weighted by Crippen LogP contribution is -2.13. The van der Waals surface area contributed by atoms with Gasteiger partial charge in [-0.3, -0.25) is 0 Å². The fraction of sp³-hybridized carbons (Fsp3) is 0.600. The molecule has 1 nitrogen and oxygen atoms in total. The van der Waals surface area contributed by atoms with Gasteiger partial charge < -0.3 is 5.32 Å². The molecule has 1 fully saturated rings. The van der Waals surface area contributed by atoms with Crippen LogP contribution in [0.1, 0.15) is 44.1 Å². The predicted octanol–water partition coefficient (Wildman–Crippen LogP) is 5.14. The molecule has 0 atom stereocenters. The highest BCUT2D eigenvalue weighted by atomic mass is 79.9. The van der Waals surface area contributed by atoms with Crippen molar-refractivity contribution >= 4 is 21.6 Å². The van der Waals surface area contributed by atoms with Crippen LogP contribution in [0.4, 0.5) is 5.69 Å². The number of rotatable bonds is 3. The monoisotopic (exact) mass is 295 g/mol. The Morgan fingerprint density at radius 1 is 1.18 bits per heavy atom. The number of benzene rings is 1. The van der Waals surface area contributed by atoms with E-state index in [0.717, 1.165) is 12.5 Å². The molecule has 2 rings (SSSR count). The van der Waals surface area contributed by atoms with Crippen LogP contribution in [0.15, 0.2) is 22.7 Å². The maximum Gasteiger partial charge on any atom is 0.0487 e. The van der Waals surface area contributed by atoms with E-state index in [4.69, 9.17) is 0 Å². The minimum atomic E-state index is 0.866. The van der Waals surface area contributed by atoms with Crippen molar-refractivity contribution in [2.45, 2.75) is 45.4 Å². The molecule has 1 aliphatic rings. The third kappa shape index (κ3) is 4.02. The van der Waals surface area contributed by atoms with Crippen molar-refractivity contribution in [1.29, 1.82) is 0 Å². The summed E-state index contributed by atoms with van der Waals surface area (Å²) >= 11 is 3.61. The van der Waals surface area contributed by atoms with Crippen molar-refractivity contribution < 1.29 is 0 Å². The van der Waals surface area contributed by atoms with E-state index in [1.807, 2.05) is 0 Å². The standard InChI is InChI=1S/C15H22BrN/c1-12-8-9-14(16)15(10-12)17-11-13-6-4-2-3-5-7-13/h8-10,13,17H,2-7,11H2,1H3. The molecule has 0 amide bonds. The Bertz CT molecular complexity index is 354. The average Bonchev–Trinajstić information content (AvgIpc) is 2.59. The molecule has 1 aromatic carbocycles. The van der Waals surface area contributed by atoms with Crippen LogP contribution in [0.25, 0.3) is 0 Å². The van der Waals surface area contributed by atoms with Gasteiger partial charge in [0.2, 0.25) is 0 Å². The summed E-state index contributed by atoms with van der Waals surface area (Å²) in [4.78, 5) is 0. The zero-order valence-electron chi connectivity index (χ0n) is 10.6. The maximum atomic E-state index is 3.61. The molecule has 94 valence electrons. The molecular weight excluding hydrogens is 274 g/mol. The number of nitrogens with one attached hydrogen (secondary N) is 1. The molecular formula is C15H22BrN. The summed E-state index contributed by atoms with van der Waals surface area (Å²) in [6.07, 6.45) is 8.50. The summed E-state index contributed by atoms with van der Waals surface area (Å²) in [5.41, 5.74) is 2.56. The van der Waals surface area contributed by atoms with Gasteiger partial charge >= 0.3 is 0 Å². The van der Waals surface area contributed by atoms with Gasteiger partial charge in [0.05, 0.1) is 0 Å². The van der Waals surface area contributed by atoms with Crippen LogP contribution in [0.3, 0.4) is 0 Å². The molecule has 0 spiro atoms. The highest BCUT2D eigenvalue weighted by molar-refractivity contribution is 9.10. The van der Waals surface area contributed by atoms with Crippen molar-refractivity contribution in [3.05, 3.63) is 28.2 Å². The predicted molar refractivity (Wildman–Crippen MR) is 78.6 cm³/mol. The van der Waals surface area contributed by atoms with E-state index in [1.165, 1.54) is 54.2 Å². The molecule has 2 heteroatoms. The number of hydrogen-bond acceptors (Lipinski definition) is 1. The van der Waals surface area contributed by atoms with Crippen LogP contribution in [-0.2, 0) is 0 Å². The van der Waals surface area contributed by atoms with Crippen molar-refractivity contribution in [3.63, 3.8) is 0 Å². The van der Waals surface area contributed by atoms with Crippen LogP contribution in [0, 0.1) is 12.8 Å². The van der Waals surface area contributed by atoms with Gasteiger partial charge in [0.25, 0.3) is 0 Å². The fourth-order valence-corrected chi connectivity index (χ4v) is 2.98. The quantitative estimate of drug-likeness (QED) is 0.761. The lowest BCUT2D eigenvalue weighted by Gasteiger charge is -2.17. The van der Waals surface area contributed by atoms with Crippen LogP contribution in [0.5, 0.6) is 0 Å². The van der Waals surface area contributed by atoms with E-state index in [9.17, 15) is 0 Å². The van der Waals surface area contributed by atoms with Gasteiger partial charge in [-0.15, -0.1) is 0 Å². The summed E-state index contributed by atoms with van der Waals surface area (Å²) in [6, 6.07) is 6.49. The Morgan fingerprint density at radius 2 is 1.88 bits per heavy atom. The van der Waals surface area contributed by atoms with Crippen molar-refractivity contribution in [1.82, 2.24) is 0 Å². The third-order valence-electron chi connectivity index (χ3n) is 3.68. The first-order chi connectivity index (χ1) is 8.25. The molecule has 0 aliphatic heterocycles. The Balaban J connectivity index is 1.89. The van der Waals surface area contributed by atoms with E-state index in [2.05, 4.69) is 46.4 Å². The molecule has 0 unspecified atom stereocenters. The molecule has 0 bridgehead atoms. The van der Waals surface area contributed by atoms with E-state index in [0.29, 0.717) is 0 Å². The molecule has 0 heterocycles. The number of hydrogen-bond donors (Lipinski definition) is 1. The molecule has 0 saturated heterocycles. The van der Waals surface area contributed by atoms with Crippen LogP contribution >= 0.6 is 15.9 Å². The molecule has 1 N–H and O–H groups in total. The second kappa shape index (κ2) is 6.44. The van der Waals surface area contributed by atoms with Crippen molar-refractivity contribution in [2.75, 3.05) is 11.9 Å². The maximum absolute atomic E-state index is 3.61. The minimum absolute atomic E-state index is 0.866. The summed E-state index contributed by atoms with van der Waals surface area (Å²) < 4.78 is 1.18. The molecule has 1 aliphatic carbocycles. The van der Waals surface area contributed by atoms with E-state index >= 15 is 0 Å². The smallest absolute Gasteiger partial charge is 0.0487 e. The third-order valence-corrected chi connectivity index (χ3v) is 4.37. The van der Waals surface area contributed by atoms with Gasteiger partial charge in [0.15, 0.2) is 0 Å². The van der Waals surface area contributed by atoms with Gasteiger partial charge in [-0.2, -0.15) is 0 Å².